The number of halogens is 1. The van der Waals surface area contributed by atoms with Gasteiger partial charge in [0.1, 0.15) is 6.10 Å². The first-order chi connectivity index (χ1) is 9.67. The second-order valence-corrected chi connectivity index (χ2v) is 5.35. The zero-order chi connectivity index (χ0) is 14.4. The summed E-state index contributed by atoms with van der Waals surface area (Å²) in [5.74, 6) is 0.606. The molecule has 5 nitrogen and oxygen atoms in total. The normalized spacial score (nSPS) is 22.1. The van der Waals surface area contributed by atoms with E-state index in [0.29, 0.717) is 17.4 Å². The van der Waals surface area contributed by atoms with Crippen molar-refractivity contribution in [1.29, 1.82) is 0 Å². The van der Waals surface area contributed by atoms with Crippen LogP contribution in [0.2, 0.25) is 5.02 Å². The third-order valence-corrected chi connectivity index (χ3v) is 3.56. The maximum atomic E-state index is 11.4. The quantitative estimate of drug-likeness (QED) is 0.898. The van der Waals surface area contributed by atoms with E-state index < -0.39 is 0 Å². The van der Waals surface area contributed by atoms with Gasteiger partial charge in [0.05, 0.1) is 5.02 Å². The average molecular weight is 298 g/mol. The Bertz CT molecular complexity index is 431. The number of ether oxygens (including phenoxy) is 1. The zero-order valence-electron chi connectivity index (χ0n) is 11.6. The van der Waals surface area contributed by atoms with E-state index in [0.717, 1.165) is 25.7 Å². The van der Waals surface area contributed by atoms with Gasteiger partial charge in [0.15, 0.2) is 0 Å². The van der Waals surface area contributed by atoms with Crippen molar-refractivity contribution in [2.45, 2.75) is 44.8 Å². The molecule has 2 amide bonds. The van der Waals surface area contributed by atoms with Crippen LogP contribution in [0.15, 0.2) is 18.3 Å². The number of carbonyl (C=O) groups excluding carboxylic acids is 1. The number of hydrogen-bond donors (Lipinski definition) is 2. The number of aromatic nitrogens is 1. The standard InChI is InChI=1S/C14H20ClN3O2/c1-2-16-14(19)18-11-4-6-12(7-5-11)20-13-8-3-10(15)9-17-13/h3,8-9,11-12H,2,4-7H2,1H3,(H2,16,18,19). The van der Waals surface area contributed by atoms with Crippen LogP contribution in [0.1, 0.15) is 32.6 Å². The number of nitrogens with one attached hydrogen (secondary N) is 2. The lowest BCUT2D eigenvalue weighted by Crippen LogP contribution is -2.44. The Morgan fingerprint density at radius 3 is 2.75 bits per heavy atom. The van der Waals surface area contributed by atoms with Crippen LogP contribution in [0.4, 0.5) is 4.79 Å². The molecule has 0 bridgehead atoms. The predicted octanol–water partition coefficient (Wildman–Crippen LogP) is 2.74. The summed E-state index contributed by atoms with van der Waals surface area (Å²) in [5.41, 5.74) is 0. The van der Waals surface area contributed by atoms with E-state index >= 15 is 0 Å². The van der Waals surface area contributed by atoms with Crippen molar-refractivity contribution in [2.24, 2.45) is 0 Å². The number of urea groups is 1. The highest BCUT2D eigenvalue weighted by atomic mass is 35.5. The highest BCUT2D eigenvalue weighted by molar-refractivity contribution is 6.30. The van der Waals surface area contributed by atoms with Crippen molar-refractivity contribution in [3.8, 4) is 5.88 Å². The Kier molecular flexibility index (Phi) is 5.47. The molecule has 2 N–H and O–H groups in total. The Morgan fingerprint density at radius 2 is 2.15 bits per heavy atom. The average Bonchev–Trinajstić information content (AvgIpc) is 2.44. The van der Waals surface area contributed by atoms with E-state index in [1.165, 1.54) is 0 Å². The SMILES string of the molecule is CCNC(=O)NC1CCC(Oc2ccc(Cl)cn2)CC1. The monoisotopic (exact) mass is 297 g/mol. The second kappa shape index (κ2) is 7.33. The molecule has 6 heteroatoms. The van der Waals surface area contributed by atoms with Crippen molar-refractivity contribution in [3.05, 3.63) is 23.4 Å². The molecular weight excluding hydrogens is 278 g/mol. The topological polar surface area (TPSA) is 63.2 Å². The van der Waals surface area contributed by atoms with Crippen LogP contribution in [0.3, 0.4) is 0 Å². The third kappa shape index (κ3) is 4.56. The van der Waals surface area contributed by atoms with Gasteiger partial charge in [0, 0.05) is 24.8 Å². The van der Waals surface area contributed by atoms with Crippen LogP contribution in [-0.4, -0.2) is 29.7 Å². The van der Waals surface area contributed by atoms with E-state index in [1.54, 1.807) is 18.3 Å². The molecular formula is C14H20ClN3O2. The molecule has 0 spiro atoms. The Morgan fingerprint density at radius 1 is 1.40 bits per heavy atom. The second-order valence-electron chi connectivity index (χ2n) is 4.91. The smallest absolute Gasteiger partial charge is 0.314 e. The summed E-state index contributed by atoms with van der Waals surface area (Å²) in [7, 11) is 0. The first-order valence-corrected chi connectivity index (χ1v) is 7.37. The van der Waals surface area contributed by atoms with Crippen molar-refractivity contribution < 1.29 is 9.53 Å². The van der Waals surface area contributed by atoms with Gasteiger partial charge in [-0.05, 0) is 38.7 Å². The van der Waals surface area contributed by atoms with Crippen molar-refractivity contribution >= 4 is 17.6 Å². The maximum absolute atomic E-state index is 11.4. The van der Waals surface area contributed by atoms with Gasteiger partial charge in [-0.1, -0.05) is 11.6 Å². The summed E-state index contributed by atoms with van der Waals surface area (Å²) in [5, 5.41) is 6.32. The number of pyridine rings is 1. The van der Waals surface area contributed by atoms with Gasteiger partial charge < -0.3 is 15.4 Å². The van der Waals surface area contributed by atoms with E-state index in [1.807, 2.05) is 6.92 Å². The molecule has 1 heterocycles. The minimum atomic E-state index is -0.0868. The van der Waals surface area contributed by atoms with E-state index in [-0.39, 0.29) is 18.2 Å². The van der Waals surface area contributed by atoms with Crippen LogP contribution in [0.25, 0.3) is 0 Å². The molecule has 1 saturated carbocycles. The molecule has 1 aliphatic rings. The summed E-state index contributed by atoms with van der Waals surface area (Å²) < 4.78 is 5.81. The summed E-state index contributed by atoms with van der Waals surface area (Å²) in [6.45, 7) is 2.55. The van der Waals surface area contributed by atoms with Crippen LogP contribution in [-0.2, 0) is 0 Å². The summed E-state index contributed by atoms with van der Waals surface area (Å²) in [6.07, 6.45) is 5.43. The molecule has 20 heavy (non-hydrogen) atoms. The van der Waals surface area contributed by atoms with E-state index in [4.69, 9.17) is 16.3 Å². The number of hydrogen-bond acceptors (Lipinski definition) is 3. The molecule has 1 aromatic rings. The first-order valence-electron chi connectivity index (χ1n) is 7.00. The lowest BCUT2D eigenvalue weighted by atomic mass is 9.93. The fourth-order valence-electron chi connectivity index (χ4n) is 2.32. The summed E-state index contributed by atoms with van der Waals surface area (Å²) in [4.78, 5) is 15.6. The number of rotatable bonds is 4. The fourth-order valence-corrected chi connectivity index (χ4v) is 2.44. The summed E-state index contributed by atoms with van der Waals surface area (Å²) >= 11 is 5.78. The molecule has 0 aromatic carbocycles. The van der Waals surface area contributed by atoms with Crippen LogP contribution < -0.4 is 15.4 Å². The van der Waals surface area contributed by atoms with Gasteiger partial charge in [-0.2, -0.15) is 0 Å². The number of nitrogens with zero attached hydrogens (tertiary/aromatic N) is 1. The first kappa shape index (κ1) is 14.9. The van der Waals surface area contributed by atoms with Gasteiger partial charge in [-0.3, -0.25) is 0 Å². The third-order valence-electron chi connectivity index (χ3n) is 3.33. The molecule has 0 unspecified atom stereocenters. The lowest BCUT2D eigenvalue weighted by Gasteiger charge is -2.29. The molecule has 1 aliphatic carbocycles. The Hall–Kier alpha value is -1.49. The molecule has 1 fully saturated rings. The number of amides is 2. The minimum Gasteiger partial charge on any atom is -0.474 e. The molecule has 0 atom stereocenters. The fraction of sp³-hybridized carbons (Fsp3) is 0.571. The lowest BCUT2D eigenvalue weighted by molar-refractivity contribution is 0.135. The molecule has 2 rings (SSSR count). The molecule has 0 saturated heterocycles. The van der Waals surface area contributed by atoms with Gasteiger partial charge >= 0.3 is 6.03 Å². The molecule has 0 radical (unpaired) electrons. The van der Waals surface area contributed by atoms with Gasteiger partial charge in [-0.15, -0.1) is 0 Å². The molecule has 0 aliphatic heterocycles. The van der Waals surface area contributed by atoms with E-state index in [9.17, 15) is 4.79 Å². The maximum Gasteiger partial charge on any atom is 0.314 e. The largest absolute Gasteiger partial charge is 0.474 e. The number of carbonyl (C=O) groups is 1. The molecule has 110 valence electrons. The Labute approximate surface area is 124 Å². The van der Waals surface area contributed by atoms with Crippen molar-refractivity contribution in [2.75, 3.05) is 6.54 Å². The van der Waals surface area contributed by atoms with Crippen LogP contribution >= 0.6 is 11.6 Å². The Balaban J connectivity index is 1.74. The van der Waals surface area contributed by atoms with Crippen molar-refractivity contribution in [1.82, 2.24) is 15.6 Å². The van der Waals surface area contributed by atoms with Gasteiger partial charge in [0.2, 0.25) is 5.88 Å². The zero-order valence-corrected chi connectivity index (χ0v) is 12.3. The van der Waals surface area contributed by atoms with Crippen molar-refractivity contribution in [3.63, 3.8) is 0 Å². The van der Waals surface area contributed by atoms with Crippen LogP contribution in [0.5, 0.6) is 5.88 Å². The van der Waals surface area contributed by atoms with Gasteiger partial charge in [-0.25, -0.2) is 9.78 Å². The van der Waals surface area contributed by atoms with E-state index in [2.05, 4.69) is 15.6 Å². The highest BCUT2D eigenvalue weighted by Crippen LogP contribution is 2.23. The summed E-state index contributed by atoms with van der Waals surface area (Å²) in [6, 6.07) is 3.70. The van der Waals surface area contributed by atoms with Crippen LogP contribution in [0, 0.1) is 0 Å². The molecule has 1 aromatic heterocycles. The highest BCUT2D eigenvalue weighted by Gasteiger charge is 2.23. The minimum absolute atomic E-state index is 0.0868. The predicted molar refractivity (Wildman–Crippen MR) is 78.1 cm³/mol. The van der Waals surface area contributed by atoms with Gasteiger partial charge in [0.25, 0.3) is 0 Å².